The summed E-state index contributed by atoms with van der Waals surface area (Å²) in [6.07, 6.45) is 8.31. The van der Waals surface area contributed by atoms with Gasteiger partial charge < -0.3 is 14.5 Å². The Kier molecular flexibility index (Phi) is 4.22. The molecule has 1 saturated heterocycles. The number of para-hydroxylation sites is 2. The lowest BCUT2D eigenvalue weighted by atomic mass is 9.95. The number of nitrogens with one attached hydrogen (secondary N) is 1. The summed E-state index contributed by atoms with van der Waals surface area (Å²) >= 11 is 0. The van der Waals surface area contributed by atoms with Crippen molar-refractivity contribution in [2.45, 2.75) is 38.1 Å². The zero-order valence-electron chi connectivity index (χ0n) is 15.7. The number of hydrogen-bond acceptors (Lipinski definition) is 4. The van der Waals surface area contributed by atoms with Gasteiger partial charge in [0.1, 0.15) is 5.82 Å². The topological polar surface area (TPSA) is 83.9 Å². The smallest absolute Gasteiger partial charge is 0.280 e. The molecule has 0 unspecified atom stereocenters. The molecule has 0 atom stereocenters. The molecular formula is C21H23N5O2. The van der Waals surface area contributed by atoms with E-state index in [1.807, 2.05) is 18.3 Å². The maximum absolute atomic E-state index is 12.9. The molecule has 1 amide bonds. The Morgan fingerprint density at radius 1 is 1.14 bits per heavy atom. The fourth-order valence-corrected chi connectivity index (χ4v) is 4.08. The average molecular weight is 377 g/mol. The van der Waals surface area contributed by atoms with Crippen molar-refractivity contribution in [3.8, 4) is 0 Å². The minimum atomic E-state index is -0.425. The number of benzene rings is 1. The Morgan fingerprint density at radius 2 is 1.93 bits per heavy atom. The van der Waals surface area contributed by atoms with Crippen molar-refractivity contribution in [1.82, 2.24) is 24.4 Å². The van der Waals surface area contributed by atoms with Crippen LogP contribution in [-0.4, -0.2) is 43.4 Å². The van der Waals surface area contributed by atoms with Crippen molar-refractivity contribution in [1.29, 1.82) is 0 Å². The molecule has 0 bridgehead atoms. The van der Waals surface area contributed by atoms with E-state index in [-0.39, 0.29) is 11.6 Å². The Hall–Kier alpha value is -2.96. The standard InChI is InChI=1S/C21H23N5O2/c27-20-18(23-16-3-1-2-4-17(16)24-20)21(28)25-10-7-15(8-11-25)19-22-9-12-26(19)13-14-5-6-14/h1-4,9,12,14-15H,5-8,10-11,13H2,(H,24,27). The molecule has 1 aliphatic carbocycles. The molecule has 5 rings (SSSR count). The van der Waals surface area contributed by atoms with Crippen LogP contribution in [-0.2, 0) is 6.54 Å². The van der Waals surface area contributed by atoms with Gasteiger partial charge >= 0.3 is 0 Å². The van der Waals surface area contributed by atoms with E-state index in [1.165, 1.54) is 12.8 Å². The number of carbonyl (C=O) groups is 1. The third-order valence-electron chi connectivity index (χ3n) is 5.85. The molecule has 2 aliphatic rings. The van der Waals surface area contributed by atoms with Gasteiger partial charge in [0.25, 0.3) is 11.5 Å². The highest BCUT2D eigenvalue weighted by molar-refractivity contribution is 5.93. The SMILES string of the molecule is O=C(c1nc2ccccc2[nH]c1=O)N1CCC(c2nccn2CC2CC2)CC1. The van der Waals surface area contributed by atoms with E-state index in [9.17, 15) is 9.59 Å². The highest BCUT2D eigenvalue weighted by Crippen LogP contribution is 2.33. The van der Waals surface area contributed by atoms with Crippen LogP contribution in [0.3, 0.4) is 0 Å². The Labute approximate surface area is 162 Å². The van der Waals surface area contributed by atoms with Crippen molar-refractivity contribution in [2.24, 2.45) is 5.92 Å². The Morgan fingerprint density at radius 3 is 2.71 bits per heavy atom. The number of amides is 1. The number of rotatable bonds is 4. The fraction of sp³-hybridized carbons (Fsp3) is 0.429. The number of hydrogen-bond donors (Lipinski definition) is 1. The van der Waals surface area contributed by atoms with Crippen LogP contribution < -0.4 is 5.56 Å². The molecule has 1 aromatic carbocycles. The summed E-state index contributed by atoms with van der Waals surface area (Å²) in [4.78, 5) is 38.7. The van der Waals surface area contributed by atoms with Gasteiger partial charge in [-0.2, -0.15) is 0 Å². The summed E-state index contributed by atoms with van der Waals surface area (Å²) in [7, 11) is 0. The van der Waals surface area contributed by atoms with E-state index in [2.05, 4.69) is 25.7 Å². The summed E-state index contributed by atoms with van der Waals surface area (Å²) in [5.41, 5.74) is 0.825. The fourth-order valence-electron chi connectivity index (χ4n) is 4.08. The highest BCUT2D eigenvalue weighted by atomic mass is 16.2. The molecule has 28 heavy (non-hydrogen) atoms. The van der Waals surface area contributed by atoms with E-state index in [1.54, 1.807) is 17.0 Å². The largest absolute Gasteiger partial charge is 0.337 e. The third kappa shape index (κ3) is 3.21. The highest BCUT2D eigenvalue weighted by Gasteiger charge is 2.30. The van der Waals surface area contributed by atoms with Crippen LogP contribution in [0.4, 0.5) is 0 Å². The second kappa shape index (κ2) is 6.89. The normalized spacial score (nSPS) is 17.9. The number of H-pyrrole nitrogens is 1. The first-order valence-electron chi connectivity index (χ1n) is 9.98. The molecule has 1 saturated carbocycles. The van der Waals surface area contributed by atoms with Crippen molar-refractivity contribution >= 4 is 16.9 Å². The van der Waals surface area contributed by atoms with E-state index < -0.39 is 5.56 Å². The molecule has 7 heteroatoms. The molecule has 2 fully saturated rings. The van der Waals surface area contributed by atoms with Gasteiger partial charge in [0, 0.05) is 37.9 Å². The number of likely N-dealkylation sites (tertiary alicyclic amines) is 1. The van der Waals surface area contributed by atoms with Crippen LogP contribution >= 0.6 is 0 Å². The summed E-state index contributed by atoms with van der Waals surface area (Å²) in [6, 6.07) is 7.26. The maximum atomic E-state index is 12.9. The number of aromatic nitrogens is 4. The van der Waals surface area contributed by atoms with Crippen LogP contribution in [0.1, 0.15) is 47.9 Å². The van der Waals surface area contributed by atoms with Crippen LogP contribution in [0.2, 0.25) is 0 Å². The van der Waals surface area contributed by atoms with Crippen LogP contribution in [0.25, 0.3) is 11.0 Å². The van der Waals surface area contributed by atoms with Crippen LogP contribution in [0.5, 0.6) is 0 Å². The summed E-state index contributed by atoms with van der Waals surface area (Å²) in [5.74, 6) is 2.02. The first-order valence-corrected chi connectivity index (χ1v) is 9.98. The van der Waals surface area contributed by atoms with Crippen molar-refractivity contribution < 1.29 is 4.79 Å². The monoisotopic (exact) mass is 377 g/mol. The molecule has 1 N–H and O–H groups in total. The van der Waals surface area contributed by atoms with Gasteiger partial charge in [0.2, 0.25) is 0 Å². The quantitative estimate of drug-likeness (QED) is 0.757. The minimum Gasteiger partial charge on any atom is -0.337 e. The zero-order chi connectivity index (χ0) is 19.1. The molecule has 2 aromatic heterocycles. The number of fused-ring (bicyclic) bond motifs is 1. The predicted octanol–water partition coefficient (Wildman–Crippen LogP) is 2.55. The first kappa shape index (κ1) is 17.2. The Bertz CT molecular complexity index is 1070. The second-order valence-electron chi connectivity index (χ2n) is 7.88. The molecule has 0 radical (unpaired) electrons. The van der Waals surface area contributed by atoms with Gasteiger partial charge in [-0.05, 0) is 43.7 Å². The molecule has 1 aliphatic heterocycles. The third-order valence-corrected chi connectivity index (χ3v) is 5.85. The van der Waals surface area contributed by atoms with Crippen LogP contribution in [0, 0.1) is 5.92 Å². The summed E-state index contributed by atoms with van der Waals surface area (Å²) in [5, 5.41) is 0. The lowest BCUT2D eigenvalue weighted by molar-refractivity contribution is 0.0702. The molecule has 7 nitrogen and oxygen atoms in total. The zero-order valence-corrected chi connectivity index (χ0v) is 15.7. The summed E-state index contributed by atoms with van der Waals surface area (Å²) in [6.45, 7) is 2.30. The van der Waals surface area contributed by atoms with Crippen molar-refractivity contribution in [3.05, 3.63) is 58.5 Å². The van der Waals surface area contributed by atoms with Crippen molar-refractivity contribution in [2.75, 3.05) is 13.1 Å². The molecule has 3 aromatic rings. The minimum absolute atomic E-state index is 0.0209. The van der Waals surface area contributed by atoms with E-state index in [4.69, 9.17) is 0 Å². The van der Waals surface area contributed by atoms with Crippen molar-refractivity contribution in [3.63, 3.8) is 0 Å². The van der Waals surface area contributed by atoms with E-state index >= 15 is 0 Å². The predicted molar refractivity (Wildman–Crippen MR) is 105 cm³/mol. The number of carbonyl (C=O) groups excluding carboxylic acids is 1. The number of imidazole rings is 1. The number of aromatic amines is 1. The van der Waals surface area contributed by atoms with E-state index in [0.717, 1.165) is 31.1 Å². The second-order valence-corrected chi connectivity index (χ2v) is 7.88. The lowest BCUT2D eigenvalue weighted by Gasteiger charge is -2.31. The molecular weight excluding hydrogens is 354 g/mol. The van der Waals surface area contributed by atoms with E-state index in [0.29, 0.717) is 30.0 Å². The molecule has 144 valence electrons. The van der Waals surface area contributed by atoms with Gasteiger partial charge in [0.05, 0.1) is 11.0 Å². The van der Waals surface area contributed by atoms with Gasteiger partial charge in [-0.3, -0.25) is 9.59 Å². The first-order chi connectivity index (χ1) is 13.7. The molecule has 0 spiro atoms. The summed E-state index contributed by atoms with van der Waals surface area (Å²) < 4.78 is 2.29. The molecule has 3 heterocycles. The maximum Gasteiger partial charge on any atom is 0.280 e. The van der Waals surface area contributed by atoms with Crippen LogP contribution in [0.15, 0.2) is 41.5 Å². The van der Waals surface area contributed by atoms with Gasteiger partial charge in [0.15, 0.2) is 5.69 Å². The number of nitrogens with zero attached hydrogens (tertiary/aromatic N) is 4. The van der Waals surface area contributed by atoms with Gasteiger partial charge in [-0.1, -0.05) is 12.1 Å². The van der Waals surface area contributed by atoms with Gasteiger partial charge in [-0.25, -0.2) is 9.97 Å². The Balaban J connectivity index is 1.30. The number of piperidine rings is 1. The lowest BCUT2D eigenvalue weighted by Crippen LogP contribution is -2.41. The average Bonchev–Trinajstić information content (AvgIpc) is 3.42. The van der Waals surface area contributed by atoms with Gasteiger partial charge in [-0.15, -0.1) is 0 Å².